The number of esters is 1. The second-order valence-electron chi connectivity index (χ2n) is 9.90. The fourth-order valence-electron chi connectivity index (χ4n) is 4.83. The Morgan fingerprint density at radius 2 is 1.75 bits per heavy atom. The topological polar surface area (TPSA) is 99.8 Å². The van der Waals surface area contributed by atoms with E-state index in [1.54, 1.807) is 12.1 Å². The summed E-state index contributed by atoms with van der Waals surface area (Å²) in [6, 6.07) is 20.0. The van der Waals surface area contributed by atoms with Gasteiger partial charge in [-0.2, -0.15) is 0 Å². The molecule has 0 aliphatic rings. The minimum Gasteiger partial charge on any atom is -0.468 e. The van der Waals surface area contributed by atoms with Crippen LogP contribution in [0.1, 0.15) is 55.5 Å². The number of hydrogen-bond donors (Lipinski definition) is 3. The molecule has 3 aromatic carbocycles. The summed E-state index contributed by atoms with van der Waals surface area (Å²) in [4.78, 5) is 39.2. The van der Waals surface area contributed by atoms with Gasteiger partial charge in [0.05, 0.1) is 24.5 Å². The standard InChI is InChI=1S/C32H42N4O4/c1-5-7-18-36(29-17-16-25(20-28(29)33-3)32(39)34-21-31(38)40-4)22-26(35-30(37)11-6-2)19-24-14-10-13-23-12-8-9-15-27(23)24/h8-10,12-17,20,26,33H,5-7,11,18-19,21-22H2,1-4H3,(H,34,39)(H,35,37). The van der Waals surface area contributed by atoms with Gasteiger partial charge in [-0.1, -0.05) is 62.7 Å². The Morgan fingerprint density at radius 3 is 2.48 bits per heavy atom. The molecule has 8 heteroatoms. The Balaban J connectivity index is 1.91. The van der Waals surface area contributed by atoms with E-state index in [9.17, 15) is 14.4 Å². The lowest BCUT2D eigenvalue weighted by molar-refractivity contribution is -0.139. The van der Waals surface area contributed by atoms with Gasteiger partial charge in [0.1, 0.15) is 6.54 Å². The first-order valence-electron chi connectivity index (χ1n) is 14.1. The fraction of sp³-hybridized carbons (Fsp3) is 0.406. The first kappa shape index (κ1) is 30.5. The second-order valence-corrected chi connectivity index (χ2v) is 9.90. The van der Waals surface area contributed by atoms with Crippen LogP contribution in [0, 0.1) is 0 Å². The summed E-state index contributed by atoms with van der Waals surface area (Å²) >= 11 is 0. The van der Waals surface area contributed by atoms with Crippen LogP contribution in [0.15, 0.2) is 60.7 Å². The lowest BCUT2D eigenvalue weighted by atomic mass is 9.98. The molecule has 214 valence electrons. The molecule has 0 bridgehead atoms. The Morgan fingerprint density at radius 1 is 0.975 bits per heavy atom. The quantitative estimate of drug-likeness (QED) is 0.234. The van der Waals surface area contributed by atoms with Crippen LogP contribution in [0.2, 0.25) is 0 Å². The number of rotatable bonds is 15. The third-order valence-electron chi connectivity index (χ3n) is 6.90. The fourth-order valence-corrected chi connectivity index (χ4v) is 4.83. The summed E-state index contributed by atoms with van der Waals surface area (Å²) < 4.78 is 4.61. The molecule has 0 heterocycles. The Labute approximate surface area is 237 Å². The van der Waals surface area contributed by atoms with E-state index in [-0.39, 0.29) is 24.4 Å². The maximum Gasteiger partial charge on any atom is 0.325 e. The van der Waals surface area contributed by atoms with Crippen molar-refractivity contribution in [2.75, 3.05) is 44.0 Å². The molecule has 0 aliphatic heterocycles. The Hall–Kier alpha value is -4.07. The zero-order chi connectivity index (χ0) is 28.9. The summed E-state index contributed by atoms with van der Waals surface area (Å²) in [5, 5.41) is 11.5. The lowest BCUT2D eigenvalue weighted by Crippen LogP contribution is -2.45. The van der Waals surface area contributed by atoms with Gasteiger partial charge in [-0.05, 0) is 53.8 Å². The number of fused-ring (bicyclic) bond motifs is 1. The monoisotopic (exact) mass is 546 g/mol. The van der Waals surface area contributed by atoms with Crippen LogP contribution >= 0.6 is 0 Å². The molecule has 8 nitrogen and oxygen atoms in total. The molecular formula is C32H42N4O4. The number of ether oxygens (including phenoxy) is 1. The average molecular weight is 547 g/mol. The Kier molecular flexibility index (Phi) is 11.8. The van der Waals surface area contributed by atoms with Crippen molar-refractivity contribution in [2.24, 2.45) is 0 Å². The number of nitrogens with one attached hydrogen (secondary N) is 3. The molecule has 0 aliphatic carbocycles. The van der Waals surface area contributed by atoms with Crippen LogP contribution in [-0.4, -0.2) is 57.6 Å². The smallest absolute Gasteiger partial charge is 0.325 e. The highest BCUT2D eigenvalue weighted by atomic mass is 16.5. The molecule has 0 aromatic heterocycles. The van der Waals surface area contributed by atoms with Crippen LogP contribution in [0.5, 0.6) is 0 Å². The van der Waals surface area contributed by atoms with E-state index in [0.29, 0.717) is 24.9 Å². The van der Waals surface area contributed by atoms with Crippen molar-refractivity contribution in [3.63, 3.8) is 0 Å². The number of anilines is 2. The Bertz CT molecular complexity index is 1290. The largest absolute Gasteiger partial charge is 0.468 e. The van der Waals surface area contributed by atoms with Crippen LogP contribution in [0.25, 0.3) is 10.8 Å². The molecule has 1 atom stereocenters. The average Bonchev–Trinajstić information content (AvgIpc) is 2.97. The van der Waals surface area contributed by atoms with Crippen molar-refractivity contribution in [2.45, 2.75) is 52.0 Å². The number of carbonyl (C=O) groups excluding carboxylic acids is 3. The SMILES string of the molecule is CCCCN(CC(Cc1cccc2ccccc12)NC(=O)CCC)c1ccc(C(=O)NCC(=O)OC)cc1NC. The third kappa shape index (κ3) is 8.46. The number of benzene rings is 3. The van der Waals surface area contributed by atoms with Crippen LogP contribution in [0.3, 0.4) is 0 Å². The maximum absolute atomic E-state index is 12.8. The van der Waals surface area contributed by atoms with Gasteiger partial charge in [0.15, 0.2) is 0 Å². The number of unbranched alkanes of at least 4 members (excludes halogenated alkanes) is 1. The van der Waals surface area contributed by atoms with E-state index < -0.39 is 5.97 Å². The zero-order valence-corrected chi connectivity index (χ0v) is 24.1. The van der Waals surface area contributed by atoms with E-state index in [2.05, 4.69) is 62.8 Å². The third-order valence-corrected chi connectivity index (χ3v) is 6.90. The zero-order valence-electron chi connectivity index (χ0n) is 24.1. The van der Waals surface area contributed by atoms with Crippen molar-refractivity contribution < 1.29 is 19.1 Å². The second kappa shape index (κ2) is 15.5. The molecular weight excluding hydrogens is 504 g/mol. The molecule has 1 unspecified atom stereocenters. The van der Waals surface area contributed by atoms with E-state index in [0.717, 1.165) is 37.2 Å². The number of hydrogen-bond acceptors (Lipinski definition) is 6. The predicted octanol–water partition coefficient (Wildman–Crippen LogP) is 4.92. The minimum absolute atomic E-state index is 0.0506. The molecule has 2 amide bonds. The number of amides is 2. The normalized spacial score (nSPS) is 11.5. The lowest BCUT2D eigenvalue weighted by Gasteiger charge is -2.32. The highest BCUT2D eigenvalue weighted by molar-refractivity contribution is 5.98. The van der Waals surface area contributed by atoms with Gasteiger partial charge in [0.25, 0.3) is 5.91 Å². The van der Waals surface area contributed by atoms with Gasteiger partial charge in [0.2, 0.25) is 5.91 Å². The number of nitrogens with zero attached hydrogens (tertiary/aromatic N) is 1. The van der Waals surface area contributed by atoms with Gasteiger partial charge in [0, 0.05) is 32.1 Å². The summed E-state index contributed by atoms with van der Waals surface area (Å²) in [5.41, 5.74) is 3.39. The van der Waals surface area contributed by atoms with Gasteiger partial charge in [-0.3, -0.25) is 14.4 Å². The van der Waals surface area contributed by atoms with Gasteiger partial charge >= 0.3 is 5.97 Å². The minimum atomic E-state index is -0.507. The van der Waals surface area contributed by atoms with E-state index in [1.165, 1.54) is 23.4 Å². The highest BCUT2D eigenvalue weighted by Gasteiger charge is 2.21. The van der Waals surface area contributed by atoms with Gasteiger partial charge < -0.3 is 25.6 Å². The van der Waals surface area contributed by atoms with Crippen molar-refractivity contribution >= 4 is 39.9 Å². The molecule has 3 rings (SSSR count). The first-order chi connectivity index (χ1) is 19.4. The van der Waals surface area contributed by atoms with Gasteiger partial charge in [-0.15, -0.1) is 0 Å². The summed E-state index contributed by atoms with van der Waals surface area (Å²) in [6.07, 6.45) is 3.97. The molecule has 0 saturated heterocycles. The predicted molar refractivity (Wildman–Crippen MR) is 162 cm³/mol. The number of carbonyl (C=O) groups is 3. The van der Waals surface area contributed by atoms with E-state index in [4.69, 9.17) is 0 Å². The van der Waals surface area contributed by atoms with Crippen molar-refractivity contribution in [1.82, 2.24) is 10.6 Å². The first-order valence-corrected chi connectivity index (χ1v) is 14.1. The highest BCUT2D eigenvalue weighted by Crippen LogP contribution is 2.29. The molecule has 0 radical (unpaired) electrons. The van der Waals surface area contributed by atoms with Crippen LogP contribution < -0.4 is 20.9 Å². The van der Waals surface area contributed by atoms with Crippen molar-refractivity contribution in [3.05, 3.63) is 71.8 Å². The maximum atomic E-state index is 12.8. The van der Waals surface area contributed by atoms with Crippen molar-refractivity contribution in [3.8, 4) is 0 Å². The van der Waals surface area contributed by atoms with E-state index >= 15 is 0 Å². The molecule has 40 heavy (non-hydrogen) atoms. The molecule has 3 aromatic rings. The molecule has 0 saturated carbocycles. The molecule has 0 fully saturated rings. The van der Waals surface area contributed by atoms with Crippen molar-refractivity contribution in [1.29, 1.82) is 0 Å². The molecule has 3 N–H and O–H groups in total. The van der Waals surface area contributed by atoms with Crippen LogP contribution in [0.4, 0.5) is 11.4 Å². The van der Waals surface area contributed by atoms with E-state index in [1.807, 2.05) is 32.2 Å². The molecule has 0 spiro atoms. The summed E-state index contributed by atoms with van der Waals surface area (Å²) in [6.45, 7) is 5.38. The summed E-state index contributed by atoms with van der Waals surface area (Å²) in [5.74, 6) is -0.809. The van der Waals surface area contributed by atoms with Crippen LogP contribution in [-0.2, 0) is 20.7 Å². The summed E-state index contributed by atoms with van der Waals surface area (Å²) in [7, 11) is 3.11. The number of methoxy groups -OCH3 is 1. The van der Waals surface area contributed by atoms with Gasteiger partial charge in [-0.25, -0.2) is 0 Å².